The number of aromatic nitrogens is 2. The fourth-order valence-electron chi connectivity index (χ4n) is 2.54. The van der Waals surface area contributed by atoms with Crippen molar-refractivity contribution < 1.29 is 0 Å². The molecule has 6 nitrogen and oxygen atoms in total. The van der Waals surface area contributed by atoms with E-state index >= 15 is 0 Å². The van der Waals surface area contributed by atoms with Crippen molar-refractivity contribution in [2.75, 3.05) is 33.2 Å². The maximum Gasteiger partial charge on any atom is 0.191 e. The molecule has 0 fully saturated rings. The molecule has 0 bridgehead atoms. The zero-order chi connectivity index (χ0) is 17.7. The van der Waals surface area contributed by atoms with Crippen LogP contribution in [0.3, 0.4) is 0 Å². The van der Waals surface area contributed by atoms with Crippen molar-refractivity contribution in [3.8, 4) is 0 Å². The van der Waals surface area contributed by atoms with Crippen LogP contribution in [0.5, 0.6) is 0 Å². The Balaban J connectivity index is 1.66. The molecule has 1 heterocycles. The van der Waals surface area contributed by atoms with E-state index in [-0.39, 0.29) is 0 Å². The molecule has 25 heavy (non-hydrogen) atoms. The number of rotatable bonds is 10. The van der Waals surface area contributed by atoms with Crippen LogP contribution >= 0.6 is 0 Å². The van der Waals surface area contributed by atoms with Crippen LogP contribution in [0.1, 0.15) is 18.9 Å². The molecule has 0 spiro atoms. The highest BCUT2D eigenvalue weighted by molar-refractivity contribution is 5.79. The number of aliphatic imine (C=N–C) groups is 1. The molecule has 2 N–H and O–H groups in total. The van der Waals surface area contributed by atoms with Gasteiger partial charge in [-0.15, -0.1) is 0 Å². The van der Waals surface area contributed by atoms with E-state index < -0.39 is 0 Å². The van der Waals surface area contributed by atoms with Crippen LogP contribution in [-0.2, 0) is 13.1 Å². The highest BCUT2D eigenvalue weighted by Crippen LogP contribution is 2.01. The van der Waals surface area contributed by atoms with Gasteiger partial charge in [0, 0.05) is 51.7 Å². The smallest absolute Gasteiger partial charge is 0.191 e. The summed E-state index contributed by atoms with van der Waals surface area (Å²) in [7, 11) is 2.14. The van der Waals surface area contributed by atoms with Gasteiger partial charge < -0.3 is 15.5 Å². The summed E-state index contributed by atoms with van der Waals surface area (Å²) in [5.41, 5.74) is 1.34. The number of guanidine groups is 1. The standard InChI is InChI=1S/C19H30N6/c1-3-20-19(21-11-7-14-25-15-8-12-23-25)22-13-16-24(2)17-18-9-5-4-6-10-18/h4-6,8-10,12,15H,3,7,11,13-14,16-17H2,1-2H3,(H2,20,21,22). The van der Waals surface area contributed by atoms with Gasteiger partial charge in [0.05, 0.1) is 0 Å². The Labute approximate surface area is 151 Å². The van der Waals surface area contributed by atoms with Gasteiger partial charge in [-0.3, -0.25) is 9.67 Å². The average Bonchev–Trinajstić information content (AvgIpc) is 3.13. The third-order valence-corrected chi connectivity index (χ3v) is 3.80. The molecule has 0 unspecified atom stereocenters. The molecule has 0 amide bonds. The Morgan fingerprint density at radius 2 is 2.04 bits per heavy atom. The van der Waals surface area contributed by atoms with Crippen molar-refractivity contribution in [2.45, 2.75) is 26.4 Å². The second kappa shape index (κ2) is 11.3. The minimum atomic E-state index is 0.787. The van der Waals surface area contributed by atoms with Gasteiger partial charge >= 0.3 is 0 Å². The Morgan fingerprint density at radius 1 is 1.20 bits per heavy atom. The van der Waals surface area contributed by atoms with Crippen LogP contribution in [0.25, 0.3) is 0 Å². The maximum atomic E-state index is 4.63. The number of hydrogen-bond acceptors (Lipinski definition) is 3. The van der Waals surface area contributed by atoms with Crippen molar-refractivity contribution >= 4 is 5.96 Å². The van der Waals surface area contributed by atoms with E-state index in [0.717, 1.165) is 51.6 Å². The quantitative estimate of drug-likeness (QED) is 0.394. The number of likely N-dealkylation sites (N-methyl/N-ethyl adjacent to an activating group) is 1. The Morgan fingerprint density at radius 3 is 2.76 bits per heavy atom. The minimum Gasteiger partial charge on any atom is -0.357 e. The molecule has 136 valence electrons. The zero-order valence-electron chi connectivity index (χ0n) is 15.4. The lowest BCUT2D eigenvalue weighted by atomic mass is 10.2. The summed E-state index contributed by atoms with van der Waals surface area (Å²) < 4.78 is 1.94. The Hall–Kier alpha value is -2.34. The fourth-order valence-corrected chi connectivity index (χ4v) is 2.54. The molecule has 0 aliphatic rings. The van der Waals surface area contributed by atoms with Gasteiger partial charge in [-0.2, -0.15) is 5.10 Å². The fraction of sp³-hybridized carbons (Fsp3) is 0.474. The predicted octanol–water partition coefficient (Wildman–Crippen LogP) is 1.96. The number of nitrogens with one attached hydrogen (secondary N) is 2. The maximum absolute atomic E-state index is 4.63. The molecule has 1 aromatic carbocycles. The zero-order valence-corrected chi connectivity index (χ0v) is 15.4. The van der Waals surface area contributed by atoms with E-state index in [2.05, 4.69) is 69.9 Å². The molecule has 0 saturated heterocycles. The Kier molecular flexibility index (Phi) is 8.55. The van der Waals surface area contributed by atoms with Crippen LogP contribution in [0.15, 0.2) is 53.8 Å². The Bertz CT molecular complexity index is 594. The molecular weight excluding hydrogens is 312 g/mol. The lowest BCUT2D eigenvalue weighted by Gasteiger charge is -2.18. The van der Waals surface area contributed by atoms with Crippen molar-refractivity contribution in [1.29, 1.82) is 0 Å². The van der Waals surface area contributed by atoms with Gasteiger partial charge in [-0.1, -0.05) is 30.3 Å². The van der Waals surface area contributed by atoms with Gasteiger partial charge in [0.1, 0.15) is 0 Å². The highest BCUT2D eigenvalue weighted by Gasteiger charge is 2.01. The first kappa shape index (κ1) is 19.0. The lowest BCUT2D eigenvalue weighted by molar-refractivity contribution is 0.331. The molecule has 0 aliphatic heterocycles. The molecule has 2 aromatic rings. The third-order valence-electron chi connectivity index (χ3n) is 3.80. The molecule has 0 saturated carbocycles. The van der Waals surface area contributed by atoms with Crippen molar-refractivity contribution in [3.63, 3.8) is 0 Å². The lowest BCUT2D eigenvalue weighted by Crippen LogP contribution is -2.41. The van der Waals surface area contributed by atoms with Gasteiger partial charge in [0.15, 0.2) is 5.96 Å². The van der Waals surface area contributed by atoms with E-state index in [9.17, 15) is 0 Å². The summed E-state index contributed by atoms with van der Waals surface area (Å²) in [6, 6.07) is 12.5. The molecule has 1 aromatic heterocycles. The summed E-state index contributed by atoms with van der Waals surface area (Å²) in [6.45, 7) is 7.43. The van der Waals surface area contributed by atoms with Gasteiger partial charge in [0.25, 0.3) is 0 Å². The van der Waals surface area contributed by atoms with E-state index in [1.807, 2.05) is 16.9 Å². The van der Waals surface area contributed by atoms with Crippen LogP contribution in [0.2, 0.25) is 0 Å². The number of benzene rings is 1. The summed E-state index contributed by atoms with van der Waals surface area (Å²) in [4.78, 5) is 6.94. The van der Waals surface area contributed by atoms with Gasteiger partial charge in [0.2, 0.25) is 0 Å². The summed E-state index contributed by atoms with van der Waals surface area (Å²) in [5.74, 6) is 0.885. The van der Waals surface area contributed by atoms with Crippen LogP contribution < -0.4 is 10.6 Å². The van der Waals surface area contributed by atoms with Crippen LogP contribution in [-0.4, -0.2) is 53.9 Å². The third kappa shape index (κ3) is 7.85. The number of aryl methyl sites for hydroxylation is 1. The second-order valence-corrected chi connectivity index (χ2v) is 6.03. The van der Waals surface area contributed by atoms with E-state index in [1.165, 1.54) is 5.56 Å². The summed E-state index contributed by atoms with van der Waals surface area (Å²) in [6.07, 6.45) is 4.77. The van der Waals surface area contributed by atoms with Gasteiger partial charge in [-0.05, 0) is 32.0 Å². The SMILES string of the molecule is CCNC(=NCCCn1cccn1)NCCN(C)Cc1ccccc1. The van der Waals surface area contributed by atoms with Crippen molar-refractivity contribution in [1.82, 2.24) is 25.3 Å². The molecule has 6 heteroatoms. The van der Waals surface area contributed by atoms with E-state index in [4.69, 9.17) is 0 Å². The highest BCUT2D eigenvalue weighted by atomic mass is 15.3. The second-order valence-electron chi connectivity index (χ2n) is 6.03. The van der Waals surface area contributed by atoms with E-state index in [0.29, 0.717) is 0 Å². The number of hydrogen-bond donors (Lipinski definition) is 2. The molecule has 0 radical (unpaired) electrons. The largest absolute Gasteiger partial charge is 0.357 e. The predicted molar refractivity (Wildman–Crippen MR) is 104 cm³/mol. The summed E-state index contributed by atoms with van der Waals surface area (Å²) in [5, 5.41) is 10.9. The van der Waals surface area contributed by atoms with Crippen LogP contribution in [0.4, 0.5) is 0 Å². The average molecular weight is 342 g/mol. The van der Waals surface area contributed by atoms with Crippen molar-refractivity contribution in [3.05, 3.63) is 54.4 Å². The topological polar surface area (TPSA) is 57.5 Å². The van der Waals surface area contributed by atoms with E-state index in [1.54, 1.807) is 6.20 Å². The number of nitrogens with zero attached hydrogens (tertiary/aromatic N) is 4. The molecular formula is C19H30N6. The first-order valence-corrected chi connectivity index (χ1v) is 9.00. The monoisotopic (exact) mass is 342 g/mol. The first-order chi connectivity index (χ1) is 12.3. The normalized spacial score (nSPS) is 11.7. The minimum absolute atomic E-state index is 0.787. The van der Waals surface area contributed by atoms with Gasteiger partial charge in [-0.25, -0.2) is 0 Å². The first-order valence-electron chi connectivity index (χ1n) is 9.00. The molecule has 2 rings (SSSR count). The molecule has 0 aliphatic carbocycles. The molecule has 0 atom stereocenters. The van der Waals surface area contributed by atoms with Crippen molar-refractivity contribution in [2.24, 2.45) is 4.99 Å². The van der Waals surface area contributed by atoms with Crippen LogP contribution in [0, 0.1) is 0 Å². The summed E-state index contributed by atoms with van der Waals surface area (Å²) >= 11 is 0.